The van der Waals surface area contributed by atoms with Gasteiger partial charge >= 0.3 is 5.97 Å². The summed E-state index contributed by atoms with van der Waals surface area (Å²) in [4.78, 5) is 28.1. The molecule has 7 rings (SSSR count). The van der Waals surface area contributed by atoms with Crippen molar-refractivity contribution < 1.29 is 14.3 Å². The van der Waals surface area contributed by atoms with E-state index in [4.69, 9.17) is 4.74 Å². The first-order valence-electron chi connectivity index (χ1n) is 16.0. The number of nitrogens with one attached hydrogen (secondary N) is 1. The number of carbonyl (C=O) groups is 2. The number of ether oxygens (including phenoxy) is 1. The highest BCUT2D eigenvalue weighted by molar-refractivity contribution is 5.91. The minimum atomic E-state index is -0.330. The number of methoxy groups -OCH3 is 1. The van der Waals surface area contributed by atoms with Gasteiger partial charge in [0.15, 0.2) is 0 Å². The van der Waals surface area contributed by atoms with E-state index in [1.807, 2.05) is 30.3 Å². The van der Waals surface area contributed by atoms with Crippen LogP contribution in [-0.2, 0) is 35.6 Å². The van der Waals surface area contributed by atoms with Crippen LogP contribution >= 0.6 is 0 Å². The fourth-order valence-electron chi connectivity index (χ4n) is 7.31. The van der Waals surface area contributed by atoms with Gasteiger partial charge in [0.25, 0.3) is 0 Å². The summed E-state index contributed by atoms with van der Waals surface area (Å²) in [7, 11) is 1.42. The van der Waals surface area contributed by atoms with Crippen molar-refractivity contribution in [3.8, 4) is 11.1 Å². The third-order valence-corrected chi connectivity index (χ3v) is 9.89. The molecule has 4 aromatic rings. The van der Waals surface area contributed by atoms with Gasteiger partial charge < -0.3 is 14.6 Å². The number of amides is 1. The van der Waals surface area contributed by atoms with Crippen LogP contribution in [0.2, 0.25) is 0 Å². The molecule has 0 spiro atoms. The third kappa shape index (κ3) is 5.59. The first-order chi connectivity index (χ1) is 21.4. The Kier molecular flexibility index (Phi) is 7.63. The predicted octanol–water partition coefficient (Wildman–Crippen LogP) is 6.87. The number of rotatable bonds is 9. The van der Waals surface area contributed by atoms with Gasteiger partial charge in [-0.2, -0.15) is 0 Å². The highest BCUT2D eigenvalue weighted by Gasteiger charge is 2.43. The highest BCUT2D eigenvalue weighted by Crippen LogP contribution is 2.47. The molecule has 226 valence electrons. The van der Waals surface area contributed by atoms with Crippen LogP contribution in [0.25, 0.3) is 11.1 Å². The molecule has 3 aliphatic rings. The van der Waals surface area contributed by atoms with Crippen LogP contribution in [0.4, 0.5) is 0 Å². The molecule has 1 N–H and O–H groups in total. The summed E-state index contributed by atoms with van der Waals surface area (Å²) in [6.07, 6.45) is 4.40. The van der Waals surface area contributed by atoms with Crippen LogP contribution in [0.15, 0.2) is 72.8 Å². The van der Waals surface area contributed by atoms with E-state index in [1.165, 1.54) is 59.2 Å². The number of aromatic nitrogens is 1. The third-order valence-electron chi connectivity index (χ3n) is 9.89. The second kappa shape index (κ2) is 11.7. The lowest BCUT2D eigenvalue weighted by Crippen LogP contribution is -2.33. The lowest BCUT2D eigenvalue weighted by Gasteiger charge is -2.32. The maximum Gasteiger partial charge on any atom is 0.337 e. The maximum atomic E-state index is 13.2. The van der Waals surface area contributed by atoms with Crippen LogP contribution in [-0.4, -0.2) is 35.0 Å². The molecule has 2 fully saturated rings. The summed E-state index contributed by atoms with van der Waals surface area (Å²) in [5.74, 6) is 0.179. The molecule has 1 aromatic heterocycles. The second-order valence-corrected chi connectivity index (χ2v) is 12.8. The largest absolute Gasteiger partial charge is 0.465 e. The Balaban J connectivity index is 1.15. The smallest absolute Gasteiger partial charge is 0.337 e. The van der Waals surface area contributed by atoms with Crippen LogP contribution in [0.5, 0.6) is 0 Å². The zero-order valence-electron chi connectivity index (χ0n) is 25.9. The Bertz CT molecular complexity index is 1720. The molecule has 2 saturated carbocycles. The molecule has 0 radical (unpaired) electrons. The Labute approximate surface area is 260 Å². The fourth-order valence-corrected chi connectivity index (χ4v) is 7.31. The number of nitrogens with zero attached hydrogens (tertiary/aromatic N) is 2. The summed E-state index contributed by atoms with van der Waals surface area (Å²) in [5, 5.41) is 3.28. The standard InChI is InChI=1S/C38H41N3O3/c1-24-18-30(25(2)41(24)31-13-14-31)22-40-17-16-33-32(27-10-7-11-28(19-27)38(43)44-3)15-12-29(36(33)23-40)21-39-37(42)35-20-34(35)26-8-5-4-6-9-26/h4-12,15,18-19,31,34-35H,13-14,16-17,20-23H2,1-3H3,(H,39,42)/t34-,35+/m0/s1. The molecule has 6 nitrogen and oxygen atoms in total. The molecule has 0 saturated heterocycles. The number of esters is 1. The van der Waals surface area contributed by atoms with Crippen LogP contribution in [0.1, 0.15) is 80.8 Å². The van der Waals surface area contributed by atoms with Gasteiger partial charge in [0.2, 0.25) is 5.91 Å². The predicted molar refractivity (Wildman–Crippen MR) is 172 cm³/mol. The number of carbonyl (C=O) groups excluding carboxylic acids is 2. The number of hydrogen-bond acceptors (Lipinski definition) is 4. The van der Waals surface area contributed by atoms with E-state index in [0.717, 1.165) is 43.6 Å². The fraction of sp³-hybridized carbons (Fsp3) is 0.368. The normalized spacial score (nSPS) is 19.3. The Morgan fingerprint density at radius 2 is 1.75 bits per heavy atom. The van der Waals surface area contributed by atoms with E-state index in [9.17, 15) is 9.59 Å². The van der Waals surface area contributed by atoms with Crippen molar-refractivity contribution in [3.63, 3.8) is 0 Å². The molecule has 1 amide bonds. The van der Waals surface area contributed by atoms with E-state index < -0.39 is 0 Å². The van der Waals surface area contributed by atoms with Gasteiger partial charge in [0.05, 0.1) is 12.7 Å². The van der Waals surface area contributed by atoms with Gasteiger partial charge in [0.1, 0.15) is 0 Å². The Hall–Kier alpha value is -4.16. The van der Waals surface area contributed by atoms with Crippen LogP contribution in [0.3, 0.4) is 0 Å². The number of fused-ring (bicyclic) bond motifs is 1. The number of aryl methyl sites for hydroxylation is 1. The molecular weight excluding hydrogens is 546 g/mol. The molecular formula is C38H41N3O3. The van der Waals surface area contributed by atoms with Crippen molar-refractivity contribution in [1.29, 1.82) is 0 Å². The van der Waals surface area contributed by atoms with Crippen molar-refractivity contribution in [1.82, 2.24) is 14.8 Å². The summed E-state index contributed by atoms with van der Waals surface area (Å²) < 4.78 is 7.52. The second-order valence-electron chi connectivity index (χ2n) is 12.8. The Morgan fingerprint density at radius 3 is 2.52 bits per heavy atom. The van der Waals surface area contributed by atoms with Crippen molar-refractivity contribution in [3.05, 3.63) is 118 Å². The molecule has 44 heavy (non-hydrogen) atoms. The van der Waals surface area contributed by atoms with E-state index in [0.29, 0.717) is 24.1 Å². The highest BCUT2D eigenvalue weighted by atomic mass is 16.5. The average Bonchev–Trinajstić information content (AvgIpc) is 3.99. The molecule has 2 atom stereocenters. The number of hydrogen-bond donors (Lipinski definition) is 1. The zero-order chi connectivity index (χ0) is 30.4. The molecule has 2 heterocycles. The monoisotopic (exact) mass is 587 g/mol. The molecule has 2 aliphatic carbocycles. The zero-order valence-corrected chi connectivity index (χ0v) is 25.9. The van der Waals surface area contributed by atoms with Gasteiger partial charge in [-0.05, 0) is 103 Å². The van der Waals surface area contributed by atoms with E-state index >= 15 is 0 Å². The van der Waals surface area contributed by atoms with Gasteiger partial charge in [0, 0.05) is 49.5 Å². The van der Waals surface area contributed by atoms with Crippen LogP contribution in [0, 0.1) is 19.8 Å². The van der Waals surface area contributed by atoms with Crippen molar-refractivity contribution in [2.75, 3.05) is 13.7 Å². The lowest BCUT2D eigenvalue weighted by atomic mass is 9.87. The van der Waals surface area contributed by atoms with Crippen molar-refractivity contribution in [2.24, 2.45) is 5.92 Å². The topological polar surface area (TPSA) is 63.6 Å². The lowest BCUT2D eigenvalue weighted by molar-refractivity contribution is -0.122. The summed E-state index contributed by atoms with van der Waals surface area (Å²) >= 11 is 0. The summed E-state index contributed by atoms with van der Waals surface area (Å²) in [6, 6.07) is 25.5. The van der Waals surface area contributed by atoms with Gasteiger partial charge in [-0.25, -0.2) is 4.79 Å². The summed E-state index contributed by atoms with van der Waals surface area (Å²) in [6.45, 7) is 7.73. The van der Waals surface area contributed by atoms with E-state index in [2.05, 4.69) is 65.0 Å². The maximum absolute atomic E-state index is 13.2. The SMILES string of the molecule is COC(=O)c1cccc(-c2ccc(CNC(=O)[C@@H]3C[C@H]3c3ccccc3)c3c2CCN(Cc2cc(C)n(C4CC4)c2C)C3)c1. The molecule has 0 unspecified atom stereocenters. The van der Waals surface area contributed by atoms with Gasteiger partial charge in [-0.1, -0.05) is 54.6 Å². The minimum Gasteiger partial charge on any atom is -0.465 e. The van der Waals surface area contributed by atoms with Gasteiger partial charge in [-0.15, -0.1) is 0 Å². The van der Waals surface area contributed by atoms with Crippen LogP contribution < -0.4 is 5.32 Å². The minimum absolute atomic E-state index is 0.0479. The molecule has 6 heteroatoms. The molecule has 1 aliphatic heterocycles. The van der Waals surface area contributed by atoms with Crippen molar-refractivity contribution in [2.45, 2.75) is 71.1 Å². The first-order valence-corrected chi connectivity index (χ1v) is 16.0. The number of benzene rings is 3. The quantitative estimate of drug-likeness (QED) is 0.217. The summed E-state index contributed by atoms with van der Waals surface area (Å²) in [5.41, 5.74) is 11.9. The van der Waals surface area contributed by atoms with E-state index in [1.54, 1.807) is 6.07 Å². The first kappa shape index (κ1) is 28.6. The Morgan fingerprint density at radius 1 is 0.932 bits per heavy atom. The van der Waals surface area contributed by atoms with E-state index in [-0.39, 0.29) is 17.8 Å². The molecule has 3 aromatic carbocycles. The van der Waals surface area contributed by atoms with Gasteiger partial charge in [-0.3, -0.25) is 9.69 Å². The van der Waals surface area contributed by atoms with Crippen molar-refractivity contribution >= 4 is 11.9 Å². The molecule has 0 bridgehead atoms. The average molecular weight is 588 g/mol.